The van der Waals surface area contributed by atoms with E-state index in [1.54, 1.807) is 6.20 Å². The summed E-state index contributed by atoms with van der Waals surface area (Å²) in [5.41, 5.74) is 1.39. The number of nitrogens with zero attached hydrogens (tertiary/aromatic N) is 2. The van der Waals surface area contributed by atoms with E-state index in [1.807, 2.05) is 24.0 Å². The zero-order valence-electron chi connectivity index (χ0n) is 11.7. The summed E-state index contributed by atoms with van der Waals surface area (Å²) >= 11 is 0. The first-order valence-corrected chi connectivity index (χ1v) is 7.00. The van der Waals surface area contributed by atoms with Gasteiger partial charge in [-0.2, -0.15) is 0 Å². The fraction of sp³-hybridized carbons (Fsp3) is 0.533. The zero-order valence-corrected chi connectivity index (χ0v) is 11.7. The molecule has 0 radical (unpaired) electrons. The van der Waals surface area contributed by atoms with Gasteiger partial charge in [0.05, 0.1) is 0 Å². The average Bonchev–Trinajstić information content (AvgIpc) is 2.45. The summed E-state index contributed by atoms with van der Waals surface area (Å²) in [6, 6.07) is 3.70. The molecule has 0 aliphatic carbocycles. The van der Waals surface area contributed by atoms with E-state index >= 15 is 0 Å². The summed E-state index contributed by atoms with van der Waals surface area (Å²) < 4.78 is 0. The summed E-state index contributed by atoms with van der Waals surface area (Å²) in [5, 5.41) is 8.74. The number of hydrogen-bond acceptors (Lipinski definition) is 3. The van der Waals surface area contributed by atoms with Crippen LogP contribution in [0.15, 0.2) is 18.3 Å². The number of aromatic nitrogens is 1. The first-order valence-electron chi connectivity index (χ1n) is 7.00. The topological polar surface area (TPSA) is 70.5 Å². The molecule has 1 N–H and O–H groups in total. The Balaban J connectivity index is 2.00. The minimum Gasteiger partial charge on any atom is -0.481 e. The van der Waals surface area contributed by atoms with Crippen LogP contribution in [0.5, 0.6) is 0 Å². The number of likely N-dealkylation sites (tertiary alicyclic amines) is 1. The number of carbonyl (C=O) groups is 2. The van der Waals surface area contributed by atoms with Crippen LogP contribution in [0.4, 0.5) is 0 Å². The van der Waals surface area contributed by atoms with E-state index in [-0.39, 0.29) is 18.2 Å². The second-order valence-electron chi connectivity index (χ2n) is 5.36. The lowest BCUT2D eigenvalue weighted by molar-refractivity contribution is -0.137. The number of hydrogen-bond donors (Lipinski definition) is 1. The Hall–Kier alpha value is -1.91. The van der Waals surface area contributed by atoms with Gasteiger partial charge < -0.3 is 10.0 Å². The molecule has 1 aliphatic rings. The van der Waals surface area contributed by atoms with Gasteiger partial charge in [0.15, 0.2) is 0 Å². The number of carboxylic acid groups (broad SMARTS) is 1. The van der Waals surface area contributed by atoms with Gasteiger partial charge in [-0.25, -0.2) is 0 Å². The van der Waals surface area contributed by atoms with Crippen molar-refractivity contribution in [3.63, 3.8) is 0 Å². The van der Waals surface area contributed by atoms with Crippen LogP contribution < -0.4 is 0 Å². The molecule has 0 saturated carbocycles. The van der Waals surface area contributed by atoms with Crippen LogP contribution in [-0.2, 0) is 4.79 Å². The van der Waals surface area contributed by atoms with Gasteiger partial charge in [0, 0.05) is 25.7 Å². The van der Waals surface area contributed by atoms with Gasteiger partial charge in [0.2, 0.25) is 0 Å². The van der Waals surface area contributed by atoms with Gasteiger partial charge in [-0.05, 0) is 43.7 Å². The molecule has 1 atom stereocenters. The molecular formula is C15H20N2O3. The predicted molar refractivity (Wildman–Crippen MR) is 74.5 cm³/mol. The highest BCUT2D eigenvalue weighted by Crippen LogP contribution is 2.22. The molecule has 1 unspecified atom stereocenters. The van der Waals surface area contributed by atoms with Crippen molar-refractivity contribution in [2.24, 2.45) is 5.92 Å². The number of aryl methyl sites for hydroxylation is 1. The standard InChI is InChI=1S/C15H20N2O3/c1-11-4-2-8-16-14(11)15(20)17-9-3-5-12(10-17)6-7-13(18)19/h2,4,8,12H,3,5-7,9-10H2,1H3,(H,18,19). The summed E-state index contributed by atoms with van der Waals surface area (Å²) in [6.07, 6.45) is 4.38. The molecule has 20 heavy (non-hydrogen) atoms. The molecule has 108 valence electrons. The third-order valence-electron chi connectivity index (χ3n) is 3.78. The highest BCUT2D eigenvalue weighted by molar-refractivity contribution is 5.93. The van der Waals surface area contributed by atoms with Gasteiger partial charge in [-0.3, -0.25) is 14.6 Å². The Kier molecular flexibility index (Phi) is 4.71. The quantitative estimate of drug-likeness (QED) is 0.914. The molecule has 0 bridgehead atoms. The van der Waals surface area contributed by atoms with E-state index in [4.69, 9.17) is 5.11 Å². The Morgan fingerprint density at radius 3 is 3.00 bits per heavy atom. The molecule has 1 amide bonds. The van der Waals surface area contributed by atoms with Gasteiger partial charge in [-0.15, -0.1) is 0 Å². The van der Waals surface area contributed by atoms with Gasteiger partial charge in [-0.1, -0.05) is 6.07 Å². The maximum Gasteiger partial charge on any atom is 0.303 e. The van der Waals surface area contributed by atoms with Crippen molar-refractivity contribution in [1.29, 1.82) is 0 Å². The lowest BCUT2D eigenvalue weighted by Crippen LogP contribution is -2.40. The normalized spacial score (nSPS) is 18.9. The largest absolute Gasteiger partial charge is 0.481 e. The second-order valence-corrected chi connectivity index (χ2v) is 5.36. The Morgan fingerprint density at radius 2 is 2.30 bits per heavy atom. The smallest absolute Gasteiger partial charge is 0.303 e. The molecule has 1 aromatic heterocycles. The Morgan fingerprint density at radius 1 is 1.50 bits per heavy atom. The third kappa shape index (κ3) is 3.56. The van der Waals surface area contributed by atoms with Gasteiger partial charge >= 0.3 is 5.97 Å². The number of carbonyl (C=O) groups excluding carboxylic acids is 1. The maximum absolute atomic E-state index is 12.5. The van der Waals surface area contributed by atoms with Crippen molar-refractivity contribution in [2.45, 2.75) is 32.6 Å². The number of pyridine rings is 1. The molecule has 5 nitrogen and oxygen atoms in total. The molecular weight excluding hydrogens is 256 g/mol. The van der Waals surface area contributed by atoms with Crippen LogP contribution in [0.25, 0.3) is 0 Å². The molecule has 1 fully saturated rings. The third-order valence-corrected chi connectivity index (χ3v) is 3.78. The van der Waals surface area contributed by atoms with E-state index in [1.165, 1.54) is 0 Å². The van der Waals surface area contributed by atoms with Gasteiger partial charge in [0.1, 0.15) is 5.69 Å². The molecule has 0 spiro atoms. The number of rotatable bonds is 4. The van der Waals surface area contributed by atoms with Crippen molar-refractivity contribution in [1.82, 2.24) is 9.88 Å². The minimum absolute atomic E-state index is 0.0388. The minimum atomic E-state index is -0.769. The first-order chi connectivity index (χ1) is 9.58. The second kappa shape index (κ2) is 6.50. The SMILES string of the molecule is Cc1cccnc1C(=O)N1CCCC(CCC(=O)O)C1. The monoisotopic (exact) mass is 276 g/mol. The van der Waals surface area contributed by atoms with Crippen molar-refractivity contribution in [3.05, 3.63) is 29.6 Å². The molecule has 1 aromatic rings. The summed E-state index contributed by atoms with van der Waals surface area (Å²) in [4.78, 5) is 29.1. The summed E-state index contributed by atoms with van der Waals surface area (Å²) in [6.45, 7) is 3.26. The van der Waals surface area contributed by atoms with Crippen molar-refractivity contribution < 1.29 is 14.7 Å². The van der Waals surface area contributed by atoms with Crippen molar-refractivity contribution in [3.8, 4) is 0 Å². The van der Waals surface area contributed by atoms with Crippen molar-refractivity contribution in [2.75, 3.05) is 13.1 Å². The van der Waals surface area contributed by atoms with Crippen LogP contribution in [0.3, 0.4) is 0 Å². The average molecular weight is 276 g/mol. The molecule has 0 aromatic carbocycles. The molecule has 1 saturated heterocycles. The molecule has 5 heteroatoms. The first kappa shape index (κ1) is 14.5. The highest BCUT2D eigenvalue weighted by Gasteiger charge is 2.26. The van der Waals surface area contributed by atoms with Gasteiger partial charge in [0.25, 0.3) is 5.91 Å². The van der Waals surface area contributed by atoms with E-state index < -0.39 is 5.97 Å². The van der Waals surface area contributed by atoms with E-state index in [2.05, 4.69) is 4.98 Å². The van der Waals surface area contributed by atoms with E-state index in [0.29, 0.717) is 18.7 Å². The van der Waals surface area contributed by atoms with Crippen LogP contribution in [0, 0.1) is 12.8 Å². The molecule has 2 rings (SSSR count). The zero-order chi connectivity index (χ0) is 14.5. The fourth-order valence-electron chi connectivity index (χ4n) is 2.67. The fourth-order valence-corrected chi connectivity index (χ4v) is 2.67. The van der Waals surface area contributed by atoms with E-state index in [0.717, 1.165) is 24.9 Å². The lowest BCUT2D eigenvalue weighted by atomic mass is 9.93. The number of carboxylic acids is 1. The van der Waals surface area contributed by atoms with E-state index in [9.17, 15) is 9.59 Å². The predicted octanol–water partition coefficient (Wildman–Crippen LogP) is 2.11. The van der Waals surface area contributed by atoms with Crippen LogP contribution >= 0.6 is 0 Å². The van der Waals surface area contributed by atoms with Crippen LogP contribution in [0.1, 0.15) is 41.7 Å². The number of amides is 1. The number of piperidine rings is 1. The Labute approximate surface area is 118 Å². The maximum atomic E-state index is 12.5. The van der Waals surface area contributed by atoms with Crippen molar-refractivity contribution >= 4 is 11.9 Å². The molecule has 2 heterocycles. The van der Waals surface area contributed by atoms with Crippen LogP contribution in [-0.4, -0.2) is 40.0 Å². The molecule has 1 aliphatic heterocycles. The summed E-state index contributed by atoms with van der Waals surface area (Å²) in [7, 11) is 0. The number of aliphatic carboxylic acids is 1. The Bertz CT molecular complexity index is 502. The highest BCUT2D eigenvalue weighted by atomic mass is 16.4. The lowest BCUT2D eigenvalue weighted by Gasteiger charge is -2.32. The van der Waals surface area contributed by atoms with Crippen LogP contribution in [0.2, 0.25) is 0 Å². The summed E-state index contributed by atoms with van der Waals surface area (Å²) in [5.74, 6) is -0.523.